The highest BCUT2D eigenvalue weighted by molar-refractivity contribution is 6.21. The Morgan fingerprint density at radius 1 is 0.640 bits per heavy atom. The molecule has 0 fully saturated rings. The Hall–Kier alpha value is -2.42. The van der Waals surface area contributed by atoms with Gasteiger partial charge >= 0.3 is 0 Å². The summed E-state index contributed by atoms with van der Waals surface area (Å²) in [5.74, 6) is -0.425. The van der Waals surface area contributed by atoms with E-state index in [1.54, 1.807) is 24.3 Å². The van der Waals surface area contributed by atoms with Crippen molar-refractivity contribution in [1.29, 1.82) is 0 Å². The number of carbonyl (C=O) groups is 2. The van der Waals surface area contributed by atoms with Gasteiger partial charge in [0.2, 0.25) is 0 Å². The number of hydrogen-bond donors (Lipinski definition) is 0. The van der Waals surface area contributed by atoms with Crippen LogP contribution in [0, 0.1) is 0 Å². The topological polar surface area (TPSA) is 37.4 Å². The van der Waals surface area contributed by atoms with Crippen molar-refractivity contribution < 1.29 is 9.59 Å². The molecule has 0 N–H and O–H groups in total. The average molecular weight is 344 g/mol. The summed E-state index contributed by atoms with van der Waals surface area (Å²) in [5.41, 5.74) is 1.01. The molecule has 0 unspecified atom stereocenters. The van der Waals surface area contributed by atoms with Gasteiger partial charge in [0.25, 0.3) is 11.8 Å². The number of fused-ring (bicyclic) bond motifs is 1. The Kier molecular flexibility index (Phi) is 16.3. The zero-order chi connectivity index (χ0) is 19.7. The van der Waals surface area contributed by atoms with Crippen LogP contribution in [0.2, 0.25) is 0 Å². The minimum absolute atomic E-state index is 0.212. The summed E-state index contributed by atoms with van der Waals surface area (Å²) in [6.45, 7) is 12.2. The molecule has 0 radical (unpaired) electrons. The maximum absolute atomic E-state index is 11.3. The lowest BCUT2D eigenvalue weighted by Crippen LogP contribution is -2.24. The Balaban J connectivity index is 0. The van der Waals surface area contributed by atoms with Gasteiger partial charge in [-0.15, -0.1) is 0 Å². The van der Waals surface area contributed by atoms with E-state index in [4.69, 9.17) is 0 Å². The van der Waals surface area contributed by atoms with Crippen LogP contribution in [-0.4, -0.2) is 23.8 Å². The number of hydrogen-bond acceptors (Lipinski definition) is 2. The van der Waals surface area contributed by atoms with Crippen LogP contribution in [0.1, 0.15) is 68.7 Å². The predicted octanol–water partition coefficient (Wildman–Crippen LogP) is 6.07. The van der Waals surface area contributed by atoms with E-state index in [-0.39, 0.29) is 11.8 Å². The molecule has 0 aromatic heterocycles. The third-order valence-electron chi connectivity index (χ3n) is 2.66. The number of carbonyl (C=O) groups excluding carboxylic acids is 2. The fourth-order valence-electron chi connectivity index (χ4n) is 1.69. The van der Waals surface area contributed by atoms with Crippen LogP contribution in [0.3, 0.4) is 0 Å². The van der Waals surface area contributed by atoms with Gasteiger partial charge < -0.3 is 0 Å². The summed E-state index contributed by atoms with van der Waals surface area (Å²) < 4.78 is 0. The minimum Gasteiger partial charge on any atom is -0.277 e. The molecule has 1 heterocycles. The SMILES string of the molecule is CC.CC.CCC.CN1C(=O)c2ccccc2C1=O.c1ccccc1. The van der Waals surface area contributed by atoms with E-state index in [0.29, 0.717) is 11.1 Å². The lowest BCUT2D eigenvalue weighted by molar-refractivity contribution is 0.0693. The minimum atomic E-state index is -0.212. The molecule has 3 heteroatoms. The molecule has 25 heavy (non-hydrogen) atoms. The van der Waals surface area contributed by atoms with Gasteiger partial charge in [0, 0.05) is 7.05 Å². The van der Waals surface area contributed by atoms with Crippen molar-refractivity contribution >= 4 is 11.8 Å². The molecule has 0 saturated carbocycles. The second kappa shape index (κ2) is 16.4. The fraction of sp³-hybridized carbons (Fsp3) is 0.364. The first-order valence-electron chi connectivity index (χ1n) is 9.04. The van der Waals surface area contributed by atoms with E-state index in [1.807, 2.05) is 64.1 Å². The summed E-state index contributed by atoms with van der Waals surface area (Å²) in [7, 11) is 1.49. The van der Waals surface area contributed by atoms with Crippen molar-refractivity contribution in [2.45, 2.75) is 48.0 Å². The fourth-order valence-corrected chi connectivity index (χ4v) is 1.69. The molecule has 1 aliphatic heterocycles. The first kappa shape index (κ1) is 24.8. The van der Waals surface area contributed by atoms with Crippen molar-refractivity contribution in [2.24, 2.45) is 0 Å². The molecule has 2 amide bonds. The standard InChI is InChI=1S/C9H7NO2.C6H6.C3H8.2C2H6/c1-10-8(11)6-4-2-3-5-7(6)9(10)12;1-2-4-6-5-3-1;1-3-2;2*1-2/h2-5H,1H3;1-6H;3H2,1-2H3;2*1-2H3. The van der Waals surface area contributed by atoms with E-state index >= 15 is 0 Å². The summed E-state index contributed by atoms with van der Waals surface area (Å²) in [6, 6.07) is 18.8. The van der Waals surface area contributed by atoms with Gasteiger partial charge in [-0.05, 0) is 12.1 Å². The van der Waals surface area contributed by atoms with Crippen molar-refractivity contribution in [1.82, 2.24) is 4.90 Å². The maximum atomic E-state index is 11.3. The van der Waals surface area contributed by atoms with Crippen LogP contribution in [-0.2, 0) is 0 Å². The molecule has 2 aromatic carbocycles. The molecule has 138 valence electrons. The van der Waals surface area contributed by atoms with Gasteiger partial charge in [0.05, 0.1) is 11.1 Å². The molecule has 0 saturated heterocycles. The molecule has 1 aliphatic rings. The molecule has 2 aromatic rings. The van der Waals surface area contributed by atoms with Gasteiger partial charge in [-0.1, -0.05) is 96.5 Å². The highest BCUT2D eigenvalue weighted by Gasteiger charge is 2.31. The predicted molar refractivity (Wildman–Crippen MR) is 108 cm³/mol. The zero-order valence-corrected chi connectivity index (χ0v) is 16.7. The molecule has 0 spiro atoms. The lowest BCUT2D eigenvalue weighted by atomic mass is 10.1. The molecule has 0 bridgehead atoms. The highest BCUT2D eigenvalue weighted by atomic mass is 16.2. The summed E-state index contributed by atoms with van der Waals surface area (Å²) in [4.78, 5) is 23.8. The van der Waals surface area contributed by atoms with Crippen LogP contribution < -0.4 is 0 Å². The van der Waals surface area contributed by atoms with E-state index in [9.17, 15) is 9.59 Å². The van der Waals surface area contributed by atoms with E-state index in [1.165, 1.54) is 13.5 Å². The van der Waals surface area contributed by atoms with Gasteiger partial charge in [-0.2, -0.15) is 0 Å². The number of imide groups is 1. The smallest absolute Gasteiger partial charge is 0.261 e. The Labute approximate surface area is 153 Å². The Bertz CT molecular complexity index is 518. The first-order chi connectivity index (χ1) is 12.1. The van der Waals surface area contributed by atoms with Crippen LogP contribution in [0.25, 0.3) is 0 Å². The molecule has 3 rings (SSSR count). The second-order valence-electron chi connectivity index (χ2n) is 4.58. The van der Waals surface area contributed by atoms with Gasteiger partial charge in [-0.3, -0.25) is 14.5 Å². The number of rotatable bonds is 0. The van der Waals surface area contributed by atoms with Gasteiger partial charge in [-0.25, -0.2) is 0 Å². The molecule has 3 nitrogen and oxygen atoms in total. The quantitative estimate of drug-likeness (QED) is 0.545. The summed E-state index contributed by atoms with van der Waals surface area (Å²) in [6.07, 6.45) is 1.25. The third kappa shape index (κ3) is 8.85. The molecular formula is C22H33NO2. The first-order valence-corrected chi connectivity index (χ1v) is 9.04. The van der Waals surface area contributed by atoms with E-state index in [0.717, 1.165) is 4.90 Å². The van der Waals surface area contributed by atoms with Crippen molar-refractivity contribution in [3.8, 4) is 0 Å². The van der Waals surface area contributed by atoms with Crippen LogP contribution in [0.4, 0.5) is 0 Å². The van der Waals surface area contributed by atoms with Crippen molar-refractivity contribution in [3.63, 3.8) is 0 Å². The van der Waals surface area contributed by atoms with Crippen LogP contribution in [0.15, 0.2) is 60.7 Å². The second-order valence-corrected chi connectivity index (χ2v) is 4.58. The van der Waals surface area contributed by atoms with Crippen LogP contribution >= 0.6 is 0 Å². The number of nitrogens with zero attached hydrogens (tertiary/aromatic N) is 1. The van der Waals surface area contributed by atoms with Crippen molar-refractivity contribution in [2.75, 3.05) is 7.05 Å². The highest BCUT2D eigenvalue weighted by Crippen LogP contribution is 2.20. The largest absolute Gasteiger partial charge is 0.277 e. The third-order valence-corrected chi connectivity index (χ3v) is 2.66. The summed E-state index contributed by atoms with van der Waals surface area (Å²) >= 11 is 0. The van der Waals surface area contributed by atoms with Crippen molar-refractivity contribution in [3.05, 3.63) is 71.8 Å². The lowest BCUT2D eigenvalue weighted by Gasteiger charge is -2.02. The van der Waals surface area contributed by atoms with Crippen LogP contribution in [0.5, 0.6) is 0 Å². The Morgan fingerprint density at radius 2 is 0.880 bits per heavy atom. The Morgan fingerprint density at radius 3 is 1.12 bits per heavy atom. The molecule has 0 atom stereocenters. The van der Waals surface area contributed by atoms with E-state index < -0.39 is 0 Å². The maximum Gasteiger partial charge on any atom is 0.261 e. The number of amides is 2. The monoisotopic (exact) mass is 343 g/mol. The van der Waals surface area contributed by atoms with E-state index in [2.05, 4.69) is 13.8 Å². The average Bonchev–Trinajstić information content (AvgIpc) is 2.92. The molecular weight excluding hydrogens is 310 g/mol. The number of benzene rings is 2. The zero-order valence-electron chi connectivity index (χ0n) is 16.7. The summed E-state index contributed by atoms with van der Waals surface area (Å²) in [5, 5.41) is 0. The molecule has 0 aliphatic carbocycles. The normalized spacial score (nSPS) is 10.4. The van der Waals surface area contributed by atoms with Gasteiger partial charge in [0.15, 0.2) is 0 Å². The van der Waals surface area contributed by atoms with Gasteiger partial charge in [0.1, 0.15) is 0 Å².